The first-order valence-corrected chi connectivity index (χ1v) is 24.5. The molecule has 8 unspecified atom stereocenters. The van der Waals surface area contributed by atoms with Crippen molar-refractivity contribution in [3.8, 4) is 0 Å². The fourth-order valence-corrected chi connectivity index (χ4v) is 12.5. The highest BCUT2D eigenvalue weighted by molar-refractivity contribution is 5.86. The van der Waals surface area contributed by atoms with Gasteiger partial charge in [0.15, 0.2) is 0 Å². The molecule has 0 radical (unpaired) electrons. The van der Waals surface area contributed by atoms with Crippen molar-refractivity contribution in [3.05, 3.63) is 11.6 Å². The van der Waals surface area contributed by atoms with E-state index in [0.29, 0.717) is 31.2 Å². The predicted molar refractivity (Wildman–Crippen MR) is 261 cm³/mol. The minimum absolute atomic E-state index is 0. The van der Waals surface area contributed by atoms with Gasteiger partial charge in [-0.1, -0.05) is 93.2 Å². The number of unbranched alkanes of at least 4 members (excludes halogenated alkanes) is 1. The fraction of sp³-hybridized carbons (Fsp3) is 0.920. The van der Waals surface area contributed by atoms with Gasteiger partial charge in [-0.25, -0.2) is 0 Å². The van der Waals surface area contributed by atoms with Crippen LogP contribution in [0.4, 0.5) is 0 Å². The average Bonchev–Trinajstić information content (AvgIpc) is 3.55. The van der Waals surface area contributed by atoms with E-state index in [9.17, 15) is 9.59 Å². The van der Waals surface area contributed by atoms with E-state index < -0.39 is 0 Å². The number of carbonyl (C=O) groups excluding carboxylic acids is 2. The molecule has 1 amide bonds. The van der Waals surface area contributed by atoms with Crippen LogP contribution in [0.1, 0.15) is 204 Å². The lowest BCUT2D eigenvalue weighted by Crippen LogP contribution is -2.51. The predicted octanol–water partition coefficient (Wildman–Crippen LogP) is 12.4. The number of allylic oxidation sites excluding steroid dienone is 1. The van der Waals surface area contributed by atoms with E-state index in [1.807, 2.05) is 4.90 Å². The minimum atomic E-state index is -0.246. The van der Waals surface area contributed by atoms with Gasteiger partial charge < -0.3 is 26.4 Å². The molecule has 0 aliphatic heterocycles. The van der Waals surface area contributed by atoms with Gasteiger partial charge in [-0.15, -0.1) is 37.2 Å². The van der Waals surface area contributed by atoms with Crippen molar-refractivity contribution in [3.63, 3.8) is 0 Å². The zero-order chi connectivity index (χ0) is 41.9. The lowest BCUT2D eigenvalue weighted by molar-refractivity contribution is -0.151. The molecule has 0 aromatic rings. The van der Waals surface area contributed by atoms with Crippen molar-refractivity contribution >= 4 is 49.1 Å². The highest BCUT2D eigenvalue weighted by Gasteiger charge is 2.59. The van der Waals surface area contributed by atoms with Crippen LogP contribution in [0.15, 0.2) is 11.6 Å². The summed E-state index contributed by atoms with van der Waals surface area (Å²) in [4.78, 5) is 28.8. The number of fused-ring (bicyclic) bond motifs is 5. The van der Waals surface area contributed by atoms with Crippen molar-refractivity contribution in [2.45, 2.75) is 221 Å². The summed E-state index contributed by atoms with van der Waals surface area (Å²) in [5.41, 5.74) is 15.1. The molecule has 4 aliphatic rings. The first kappa shape index (κ1) is 57.4. The summed E-state index contributed by atoms with van der Waals surface area (Å²) in [6.07, 6.45) is 25.3. The molecule has 0 saturated heterocycles. The summed E-state index contributed by atoms with van der Waals surface area (Å²) >= 11 is 0. The number of nitrogens with one attached hydrogen (secondary N) is 1. The second-order valence-electron chi connectivity index (χ2n) is 21.0. The second-order valence-corrected chi connectivity index (χ2v) is 21.0. The van der Waals surface area contributed by atoms with Crippen LogP contribution in [0.2, 0.25) is 0 Å². The van der Waals surface area contributed by atoms with E-state index >= 15 is 0 Å². The maximum Gasteiger partial charge on any atom is 0.306 e. The van der Waals surface area contributed by atoms with Crippen LogP contribution >= 0.6 is 37.2 Å². The zero-order valence-electron chi connectivity index (χ0n) is 40.1. The summed E-state index contributed by atoms with van der Waals surface area (Å²) in [6.45, 7) is 24.4. The molecule has 5 N–H and O–H groups in total. The monoisotopic (exact) mass is 905 g/mol. The Morgan fingerprint density at radius 1 is 0.800 bits per heavy atom. The molecule has 354 valence electrons. The highest BCUT2D eigenvalue weighted by atomic mass is 35.5. The van der Waals surface area contributed by atoms with Crippen LogP contribution in [0, 0.1) is 46.3 Å². The van der Waals surface area contributed by atoms with Gasteiger partial charge in [0, 0.05) is 43.4 Å². The maximum absolute atomic E-state index is 13.6. The quantitative estimate of drug-likeness (QED) is 0.0478. The second kappa shape index (κ2) is 26.4. The Bertz CT molecular complexity index is 1290. The Morgan fingerprint density at radius 3 is 2.12 bits per heavy atom. The Hall–Kier alpha value is -0.570. The van der Waals surface area contributed by atoms with Crippen LogP contribution in [0.25, 0.3) is 0 Å². The van der Waals surface area contributed by atoms with Gasteiger partial charge in [-0.05, 0) is 162 Å². The SMILES string of the molecule is CCC(N)(CC)CCNCCCCN(CCC(N)(CC)CC)C(=O)CCCC(=O)OC1CCC2(C)C(=CCC3C2CCC2(C)C(C(C)CCCC(C)C)CCC32)C1.Cl.Cl.Cl. The van der Waals surface area contributed by atoms with Gasteiger partial charge in [-0.2, -0.15) is 0 Å². The number of amides is 1. The first-order chi connectivity index (χ1) is 27.1. The molecular weight excluding hydrogens is 811 g/mol. The molecule has 4 rings (SSSR count). The van der Waals surface area contributed by atoms with Crippen molar-refractivity contribution in [2.24, 2.45) is 57.8 Å². The van der Waals surface area contributed by atoms with Crippen molar-refractivity contribution in [2.75, 3.05) is 26.2 Å². The average molecular weight is 907 g/mol. The van der Waals surface area contributed by atoms with Crippen LogP contribution in [0.5, 0.6) is 0 Å². The van der Waals surface area contributed by atoms with Crippen LogP contribution < -0.4 is 16.8 Å². The molecule has 0 aromatic heterocycles. The molecule has 8 atom stereocenters. The lowest BCUT2D eigenvalue weighted by atomic mass is 9.47. The lowest BCUT2D eigenvalue weighted by Gasteiger charge is -2.58. The summed E-state index contributed by atoms with van der Waals surface area (Å²) in [5, 5.41) is 3.56. The topological polar surface area (TPSA) is 111 Å². The number of nitrogens with two attached hydrogens (primary N) is 2. The van der Waals surface area contributed by atoms with Gasteiger partial charge in [0.2, 0.25) is 5.91 Å². The number of ether oxygens (including phenoxy) is 1. The van der Waals surface area contributed by atoms with Crippen LogP contribution in [-0.4, -0.2) is 60.1 Å². The number of halogens is 3. The van der Waals surface area contributed by atoms with E-state index in [2.05, 4.69) is 73.7 Å². The normalized spacial score (nSPS) is 27.9. The molecule has 4 aliphatic carbocycles. The molecule has 0 heterocycles. The molecule has 0 spiro atoms. The van der Waals surface area contributed by atoms with Crippen LogP contribution in [-0.2, 0) is 14.3 Å². The third-order valence-electron chi connectivity index (χ3n) is 17.2. The summed E-state index contributed by atoms with van der Waals surface area (Å²) < 4.78 is 6.17. The highest BCUT2D eigenvalue weighted by Crippen LogP contribution is 2.67. The first-order valence-electron chi connectivity index (χ1n) is 24.5. The standard InChI is InChI=1S/C50H92N4O3.3ClH/c1-10-49(51,11-2)30-33-53-32-14-15-34-54(35-31-50(52,12-3)13-4)45(55)20-17-21-46(56)57-40-26-28-47(8)39(36-40)22-23-41-43-25-24-42(38(7)19-16-18-37(5)6)48(43,9)29-27-44(41)47;;;/h22,37-38,40-44,53H,10-21,23-36,51-52H2,1-9H3;3*1H. The van der Waals surface area contributed by atoms with E-state index in [1.165, 1.54) is 51.4 Å². The smallest absolute Gasteiger partial charge is 0.306 e. The Kier molecular flexibility index (Phi) is 25.3. The maximum atomic E-state index is 13.6. The van der Waals surface area contributed by atoms with E-state index in [1.54, 1.807) is 5.57 Å². The number of nitrogens with zero attached hydrogens (tertiary/aromatic N) is 1. The van der Waals surface area contributed by atoms with Gasteiger partial charge in [0.1, 0.15) is 6.10 Å². The summed E-state index contributed by atoms with van der Waals surface area (Å²) in [7, 11) is 0. The van der Waals surface area contributed by atoms with Crippen molar-refractivity contribution in [1.29, 1.82) is 0 Å². The van der Waals surface area contributed by atoms with E-state index in [-0.39, 0.29) is 71.7 Å². The van der Waals surface area contributed by atoms with Gasteiger partial charge in [-0.3, -0.25) is 9.59 Å². The number of rotatable bonds is 25. The number of hydrogen-bond acceptors (Lipinski definition) is 6. The summed E-state index contributed by atoms with van der Waals surface area (Å²) in [6, 6.07) is 0. The zero-order valence-corrected chi connectivity index (χ0v) is 42.5. The molecule has 3 saturated carbocycles. The fourth-order valence-electron chi connectivity index (χ4n) is 12.5. The van der Waals surface area contributed by atoms with Crippen molar-refractivity contribution in [1.82, 2.24) is 10.2 Å². The number of hydrogen-bond donors (Lipinski definition) is 3. The molecule has 0 bridgehead atoms. The molecule has 3 fully saturated rings. The number of carbonyl (C=O) groups is 2. The van der Waals surface area contributed by atoms with Crippen LogP contribution in [0.3, 0.4) is 0 Å². The van der Waals surface area contributed by atoms with E-state index in [0.717, 1.165) is 126 Å². The van der Waals surface area contributed by atoms with Crippen molar-refractivity contribution < 1.29 is 14.3 Å². The summed E-state index contributed by atoms with van der Waals surface area (Å²) in [5.74, 6) is 4.98. The Balaban J connectivity index is 0.00000600. The molecule has 0 aromatic carbocycles. The number of esters is 1. The largest absolute Gasteiger partial charge is 0.462 e. The van der Waals surface area contributed by atoms with Gasteiger partial charge >= 0.3 is 5.97 Å². The van der Waals surface area contributed by atoms with E-state index in [4.69, 9.17) is 16.2 Å². The Labute approximate surface area is 388 Å². The Morgan fingerprint density at radius 2 is 1.47 bits per heavy atom. The third kappa shape index (κ3) is 15.0. The molecule has 10 heteroatoms. The van der Waals surface area contributed by atoms with Gasteiger partial charge in [0.05, 0.1) is 0 Å². The molecule has 60 heavy (non-hydrogen) atoms. The minimum Gasteiger partial charge on any atom is -0.462 e. The molecule has 7 nitrogen and oxygen atoms in total. The third-order valence-corrected chi connectivity index (χ3v) is 17.2. The molecular formula is C50H95Cl3N4O3. The van der Waals surface area contributed by atoms with Gasteiger partial charge in [0.25, 0.3) is 0 Å².